The van der Waals surface area contributed by atoms with Crippen molar-refractivity contribution in [2.24, 2.45) is 0 Å². The number of benzene rings is 1. The Balaban J connectivity index is 1.72. The molecule has 6 heteroatoms. The van der Waals surface area contributed by atoms with Crippen molar-refractivity contribution in [3.63, 3.8) is 0 Å². The van der Waals surface area contributed by atoms with Gasteiger partial charge < -0.3 is 15.6 Å². The lowest BCUT2D eigenvalue weighted by Crippen LogP contribution is -2.02. The number of rotatable bonds is 4. The number of hydrogen-bond acceptors (Lipinski definition) is 4. The van der Waals surface area contributed by atoms with Crippen LogP contribution in [0.4, 0.5) is 17.2 Å². The van der Waals surface area contributed by atoms with Gasteiger partial charge in [-0.2, -0.15) is 0 Å². The Bertz CT molecular complexity index is 1010. The molecule has 5 nitrogen and oxygen atoms in total. The number of aromatic nitrogens is 3. The second-order valence-electron chi connectivity index (χ2n) is 5.74. The van der Waals surface area contributed by atoms with Crippen molar-refractivity contribution in [2.45, 2.75) is 6.54 Å². The third-order valence-corrected chi connectivity index (χ3v) is 4.25. The van der Waals surface area contributed by atoms with E-state index in [1.165, 1.54) is 5.56 Å². The molecule has 25 heavy (non-hydrogen) atoms. The van der Waals surface area contributed by atoms with E-state index in [0.29, 0.717) is 11.0 Å². The highest BCUT2D eigenvalue weighted by atomic mass is 35.5. The molecule has 0 aliphatic heterocycles. The summed E-state index contributed by atoms with van der Waals surface area (Å²) in [7, 11) is 0. The van der Waals surface area contributed by atoms with Crippen molar-refractivity contribution in [1.82, 2.24) is 14.5 Å². The zero-order chi connectivity index (χ0) is 17.2. The second kappa shape index (κ2) is 6.45. The fraction of sp³-hybridized carbons (Fsp3) is 0.0526. The summed E-state index contributed by atoms with van der Waals surface area (Å²) in [4.78, 5) is 8.43. The van der Waals surface area contributed by atoms with E-state index in [1.807, 2.05) is 36.5 Å². The normalized spacial score (nSPS) is 10.9. The molecule has 4 aromatic rings. The SMILES string of the molecule is Nc1ncc(Nc2ccc(Cl)nc2)c2ccn(Cc3ccccc3)c12. The molecule has 0 saturated heterocycles. The molecule has 124 valence electrons. The van der Waals surface area contributed by atoms with Gasteiger partial charge >= 0.3 is 0 Å². The molecular weight excluding hydrogens is 334 g/mol. The van der Waals surface area contributed by atoms with E-state index in [2.05, 4.69) is 32.0 Å². The first kappa shape index (κ1) is 15.5. The summed E-state index contributed by atoms with van der Waals surface area (Å²) in [6.07, 6.45) is 5.45. The molecule has 3 heterocycles. The topological polar surface area (TPSA) is 68.8 Å². The Labute approximate surface area is 150 Å². The Morgan fingerprint density at radius 2 is 1.84 bits per heavy atom. The minimum atomic E-state index is 0.458. The summed E-state index contributed by atoms with van der Waals surface area (Å²) in [6.45, 7) is 0.738. The van der Waals surface area contributed by atoms with Crippen molar-refractivity contribution in [3.05, 3.63) is 77.8 Å². The molecule has 0 saturated carbocycles. The van der Waals surface area contributed by atoms with Crippen LogP contribution in [0, 0.1) is 0 Å². The zero-order valence-corrected chi connectivity index (χ0v) is 14.1. The monoisotopic (exact) mass is 349 g/mol. The van der Waals surface area contributed by atoms with Gasteiger partial charge in [0.05, 0.1) is 29.3 Å². The van der Waals surface area contributed by atoms with Crippen LogP contribution in [0.2, 0.25) is 5.15 Å². The van der Waals surface area contributed by atoms with Gasteiger partial charge in [-0.05, 0) is 23.8 Å². The van der Waals surface area contributed by atoms with Gasteiger partial charge in [0, 0.05) is 18.1 Å². The van der Waals surface area contributed by atoms with Crippen molar-refractivity contribution >= 4 is 39.7 Å². The van der Waals surface area contributed by atoms with Gasteiger partial charge in [-0.25, -0.2) is 9.97 Å². The number of hydrogen-bond donors (Lipinski definition) is 2. The van der Waals surface area contributed by atoms with E-state index < -0.39 is 0 Å². The van der Waals surface area contributed by atoms with E-state index in [-0.39, 0.29) is 0 Å². The summed E-state index contributed by atoms with van der Waals surface area (Å²) in [5.41, 5.74) is 9.98. The summed E-state index contributed by atoms with van der Waals surface area (Å²) < 4.78 is 2.11. The molecule has 4 rings (SSSR count). The molecule has 0 atom stereocenters. The first-order valence-corrected chi connectivity index (χ1v) is 8.24. The minimum absolute atomic E-state index is 0.458. The Kier molecular flexibility index (Phi) is 3.99. The van der Waals surface area contributed by atoms with E-state index in [0.717, 1.165) is 28.8 Å². The Hall–Kier alpha value is -3.05. The average molecular weight is 350 g/mol. The fourth-order valence-corrected chi connectivity index (χ4v) is 2.97. The number of nitrogens with zero attached hydrogens (tertiary/aromatic N) is 3. The number of nitrogens with two attached hydrogens (primary N) is 1. The van der Waals surface area contributed by atoms with Crippen molar-refractivity contribution in [2.75, 3.05) is 11.1 Å². The second-order valence-corrected chi connectivity index (χ2v) is 6.13. The number of pyridine rings is 2. The molecule has 0 unspecified atom stereocenters. The maximum Gasteiger partial charge on any atom is 0.148 e. The highest BCUT2D eigenvalue weighted by Crippen LogP contribution is 2.30. The number of nitrogen functional groups attached to an aromatic ring is 1. The summed E-state index contributed by atoms with van der Waals surface area (Å²) >= 11 is 5.84. The van der Waals surface area contributed by atoms with Crippen LogP contribution in [0.15, 0.2) is 67.1 Å². The number of nitrogens with one attached hydrogen (secondary N) is 1. The lowest BCUT2D eigenvalue weighted by atomic mass is 10.2. The number of halogens is 1. The highest BCUT2D eigenvalue weighted by molar-refractivity contribution is 6.29. The van der Waals surface area contributed by atoms with Crippen LogP contribution in [0.1, 0.15) is 5.56 Å². The van der Waals surface area contributed by atoms with Crippen LogP contribution in [0.3, 0.4) is 0 Å². The molecular formula is C19H16ClN5. The molecule has 0 amide bonds. The molecule has 1 aromatic carbocycles. The largest absolute Gasteiger partial charge is 0.382 e. The third kappa shape index (κ3) is 3.14. The molecule has 0 aliphatic rings. The summed E-state index contributed by atoms with van der Waals surface area (Å²) in [5.74, 6) is 0.510. The molecule has 0 radical (unpaired) electrons. The first-order chi connectivity index (χ1) is 12.2. The molecule has 0 spiro atoms. The average Bonchev–Trinajstić information content (AvgIpc) is 3.05. The molecule has 3 N–H and O–H groups in total. The van der Waals surface area contributed by atoms with Gasteiger partial charge in [0.1, 0.15) is 11.0 Å². The van der Waals surface area contributed by atoms with E-state index in [1.54, 1.807) is 18.5 Å². The smallest absolute Gasteiger partial charge is 0.148 e. The van der Waals surface area contributed by atoms with Crippen LogP contribution in [0.25, 0.3) is 10.9 Å². The lowest BCUT2D eigenvalue weighted by molar-refractivity contribution is 0.836. The Morgan fingerprint density at radius 1 is 1.00 bits per heavy atom. The Morgan fingerprint density at radius 3 is 2.60 bits per heavy atom. The third-order valence-electron chi connectivity index (χ3n) is 4.03. The first-order valence-electron chi connectivity index (χ1n) is 7.86. The minimum Gasteiger partial charge on any atom is -0.382 e. The maximum absolute atomic E-state index is 6.15. The predicted molar refractivity (Wildman–Crippen MR) is 102 cm³/mol. The standard InChI is InChI=1S/C19H16ClN5/c20-17-7-6-14(10-22-17)24-16-11-23-19(21)18-15(16)8-9-25(18)12-13-4-2-1-3-5-13/h1-11,24H,12H2,(H2,21,23). The van der Waals surface area contributed by atoms with Crippen LogP contribution in [-0.2, 0) is 6.54 Å². The van der Waals surface area contributed by atoms with Crippen LogP contribution in [0.5, 0.6) is 0 Å². The predicted octanol–water partition coefficient (Wildman–Crippen LogP) is 4.46. The lowest BCUT2D eigenvalue weighted by Gasteiger charge is -2.11. The van der Waals surface area contributed by atoms with Crippen molar-refractivity contribution < 1.29 is 0 Å². The van der Waals surface area contributed by atoms with E-state index in [4.69, 9.17) is 17.3 Å². The van der Waals surface area contributed by atoms with E-state index in [9.17, 15) is 0 Å². The highest BCUT2D eigenvalue weighted by Gasteiger charge is 2.11. The van der Waals surface area contributed by atoms with Crippen molar-refractivity contribution in [1.29, 1.82) is 0 Å². The molecule has 0 bridgehead atoms. The van der Waals surface area contributed by atoms with Gasteiger partial charge in [-0.15, -0.1) is 0 Å². The zero-order valence-electron chi connectivity index (χ0n) is 13.4. The van der Waals surface area contributed by atoms with E-state index >= 15 is 0 Å². The van der Waals surface area contributed by atoms with Crippen LogP contribution >= 0.6 is 11.6 Å². The van der Waals surface area contributed by atoms with Gasteiger partial charge in [0.2, 0.25) is 0 Å². The summed E-state index contributed by atoms with van der Waals surface area (Å²) in [5, 5.41) is 4.80. The van der Waals surface area contributed by atoms with Gasteiger partial charge in [-0.1, -0.05) is 41.9 Å². The van der Waals surface area contributed by atoms with Gasteiger partial charge in [0.25, 0.3) is 0 Å². The van der Waals surface area contributed by atoms with Crippen LogP contribution < -0.4 is 11.1 Å². The fourth-order valence-electron chi connectivity index (χ4n) is 2.86. The molecule has 0 fully saturated rings. The number of anilines is 3. The van der Waals surface area contributed by atoms with Gasteiger partial charge in [-0.3, -0.25) is 0 Å². The summed E-state index contributed by atoms with van der Waals surface area (Å²) in [6, 6.07) is 15.9. The maximum atomic E-state index is 6.15. The van der Waals surface area contributed by atoms with Crippen molar-refractivity contribution in [3.8, 4) is 0 Å². The van der Waals surface area contributed by atoms with Gasteiger partial charge in [0.15, 0.2) is 0 Å². The molecule has 0 aliphatic carbocycles. The quantitative estimate of drug-likeness (QED) is 0.534. The number of fused-ring (bicyclic) bond motifs is 1. The van der Waals surface area contributed by atoms with Crippen LogP contribution in [-0.4, -0.2) is 14.5 Å². The molecule has 3 aromatic heterocycles.